The second-order valence-electron chi connectivity index (χ2n) is 7.56. The van der Waals surface area contributed by atoms with Crippen molar-refractivity contribution in [2.75, 3.05) is 23.3 Å². The van der Waals surface area contributed by atoms with Crippen LogP contribution >= 0.6 is 0 Å². The third-order valence-electron chi connectivity index (χ3n) is 4.55. The molecule has 1 aromatic heterocycles. The van der Waals surface area contributed by atoms with Gasteiger partial charge in [0.25, 0.3) is 5.91 Å². The van der Waals surface area contributed by atoms with Crippen molar-refractivity contribution in [2.24, 2.45) is 0 Å². The minimum Gasteiger partial charge on any atom is -0.357 e. The second kappa shape index (κ2) is 7.21. The van der Waals surface area contributed by atoms with Crippen molar-refractivity contribution in [1.82, 2.24) is 9.97 Å². The molecule has 0 saturated carbocycles. The summed E-state index contributed by atoms with van der Waals surface area (Å²) in [7, 11) is 0. The van der Waals surface area contributed by atoms with Crippen molar-refractivity contribution in [3.8, 4) is 0 Å². The van der Waals surface area contributed by atoms with E-state index in [4.69, 9.17) is 0 Å². The van der Waals surface area contributed by atoms with E-state index in [1.165, 1.54) is 25.6 Å². The predicted molar refractivity (Wildman–Crippen MR) is 101 cm³/mol. The molecule has 132 valence electrons. The lowest BCUT2D eigenvalue weighted by Gasteiger charge is -2.27. The van der Waals surface area contributed by atoms with Gasteiger partial charge in [-0.15, -0.1) is 0 Å². The minimum absolute atomic E-state index is 0.0471. The maximum absolute atomic E-state index is 12.7. The molecule has 1 aliphatic heterocycles. The SMILES string of the molecule is CC(C)(C)c1ccccc1NC(=O)c1cc(N2CCCCC2)ncn1. The zero-order valence-electron chi connectivity index (χ0n) is 15.2. The number of para-hydroxylation sites is 1. The summed E-state index contributed by atoms with van der Waals surface area (Å²) in [6, 6.07) is 9.71. The molecule has 0 atom stereocenters. The number of carbonyl (C=O) groups is 1. The fraction of sp³-hybridized carbons (Fsp3) is 0.450. The van der Waals surface area contributed by atoms with Crippen LogP contribution in [0.5, 0.6) is 0 Å². The number of benzene rings is 1. The van der Waals surface area contributed by atoms with Crippen molar-refractivity contribution in [3.05, 3.63) is 47.9 Å². The standard InChI is InChI=1S/C20H26N4O/c1-20(2,3)15-9-5-6-10-16(15)23-19(25)17-13-18(22-14-21-17)24-11-7-4-8-12-24/h5-6,9-10,13-14H,4,7-8,11-12H2,1-3H3,(H,23,25). The molecule has 1 aromatic carbocycles. The summed E-state index contributed by atoms with van der Waals surface area (Å²) in [4.78, 5) is 23.5. The van der Waals surface area contributed by atoms with Gasteiger partial charge in [0.05, 0.1) is 0 Å². The van der Waals surface area contributed by atoms with Crippen LogP contribution in [0.1, 0.15) is 56.1 Å². The van der Waals surface area contributed by atoms with E-state index >= 15 is 0 Å². The summed E-state index contributed by atoms with van der Waals surface area (Å²) in [5.41, 5.74) is 2.29. The molecule has 0 unspecified atom stereocenters. The molecule has 1 N–H and O–H groups in total. The van der Waals surface area contributed by atoms with Crippen molar-refractivity contribution >= 4 is 17.4 Å². The highest BCUT2D eigenvalue weighted by molar-refractivity contribution is 6.03. The number of anilines is 2. The summed E-state index contributed by atoms with van der Waals surface area (Å²) < 4.78 is 0. The summed E-state index contributed by atoms with van der Waals surface area (Å²) in [6.07, 6.45) is 5.09. The first kappa shape index (κ1) is 17.4. The molecule has 2 aromatic rings. The highest BCUT2D eigenvalue weighted by Crippen LogP contribution is 2.29. The van der Waals surface area contributed by atoms with E-state index in [2.05, 4.69) is 47.0 Å². The number of hydrogen-bond donors (Lipinski definition) is 1. The van der Waals surface area contributed by atoms with Crippen LogP contribution in [-0.4, -0.2) is 29.0 Å². The van der Waals surface area contributed by atoms with Crippen LogP contribution in [-0.2, 0) is 5.41 Å². The van der Waals surface area contributed by atoms with Crippen LogP contribution in [0.25, 0.3) is 0 Å². The maximum Gasteiger partial charge on any atom is 0.274 e. The molecule has 25 heavy (non-hydrogen) atoms. The average molecular weight is 338 g/mol. The van der Waals surface area contributed by atoms with Crippen molar-refractivity contribution in [3.63, 3.8) is 0 Å². The van der Waals surface area contributed by atoms with Crippen LogP contribution < -0.4 is 10.2 Å². The van der Waals surface area contributed by atoms with Gasteiger partial charge in [-0.1, -0.05) is 39.0 Å². The lowest BCUT2D eigenvalue weighted by Crippen LogP contribution is -2.30. The van der Waals surface area contributed by atoms with Crippen molar-refractivity contribution < 1.29 is 4.79 Å². The molecule has 5 heteroatoms. The quantitative estimate of drug-likeness (QED) is 0.918. The molecule has 1 amide bonds. The Labute approximate surface area is 149 Å². The van der Waals surface area contributed by atoms with E-state index in [1.54, 1.807) is 6.07 Å². The van der Waals surface area contributed by atoms with Crippen LogP contribution in [0.3, 0.4) is 0 Å². The Morgan fingerprint density at radius 2 is 1.80 bits per heavy atom. The van der Waals surface area contributed by atoms with E-state index < -0.39 is 0 Å². The Balaban J connectivity index is 1.80. The van der Waals surface area contributed by atoms with Gasteiger partial charge in [0, 0.05) is 24.8 Å². The molecule has 1 saturated heterocycles. The van der Waals surface area contributed by atoms with Crippen molar-refractivity contribution in [1.29, 1.82) is 0 Å². The highest BCUT2D eigenvalue weighted by atomic mass is 16.1. The zero-order valence-corrected chi connectivity index (χ0v) is 15.2. The molecule has 0 aliphatic carbocycles. The first-order valence-corrected chi connectivity index (χ1v) is 8.93. The molecule has 5 nitrogen and oxygen atoms in total. The monoisotopic (exact) mass is 338 g/mol. The minimum atomic E-state index is -0.197. The third-order valence-corrected chi connectivity index (χ3v) is 4.55. The second-order valence-corrected chi connectivity index (χ2v) is 7.56. The zero-order chi connectivity index (χ0) is 17.9. The van der Waals surface area contributed by atoms with Gasteiger partial charge >= 0.3 is 0 Å². The fourth-order valence-corrected chi connectivity index (χ4v) is 3.20. The van der Waals surface area contributed by atoms with E-state index in [1.807, 2.05) is 18.2 Å². The predicted octanol–water partition coefficient (Wildman–Crippen LogP) is 4.02. The first-order chi connectivity index (χ1) is 11.9. The number of aromatic nitrogens is 2. The Morgan fingerprint density at radius 1 is 1.08 bits per heavy atom. The Kier molecular flexibility index (Phi) is 5.02. The lowest BCUT2D eigenvalue weighted by atomic mass is 9.86. The summed E-state index contributed by atoms with van der Waals surface area (Å²) in [5.74, 6) is 0.640. The highest BCUT2D eigenvalue weighted by Gasteiger charge is 2.20. The summed E-state index contributed by atoms with van der Waals surface area (Å²) in [6.45, 7) is 8.39. The van der Waals surface area contributed by atoms with E-state index in [0.29, 0.717) is 5.69 Å². The molecule has 2 heterocycles. The lowest BCUT2D eigenvalue weighted by molar-refractivity contribution is 0.102. The van der Waals surface area contributed by atoms with Gasteiger partial charge in [0.15, 0.2) is 0 Å². The molecule has 0 radical (unpaired) electrons. The van der Waals surface area contributed by atoms with E-state index in [9.17, 15) is 4.79 Å². The van der Waals surface area contributed by atoms with Gasteiger partial charge < -0.3 is 10.2 Å². The number of nitrogens with one attached hydrogen (secondary N) is 1. The number of amides is 1. The largest absolute Gasteiger partial charge is 0.357 e. The normalized spacial score (nSPS) is 15.1. The Hall–Kier alpha value is -2.43. The Bertz CT molecular complexity index is 745. The maximum atomic E-state index is 12.7. The van der Waals surface area contributed by atoms with Crippen molar-refractivity contribution in [2.45, 2.75) is 45.4 Å². The van der Waals surface area contributed by atoms with Gasteiger partial charge in [-0.05, 0) is 36.3 Å². The fourth-order valence-electron chi connectivity index (χ4n) is 3.20. The molecule has 1 aliphatic rings. The van der Waals surface area contributed by atoms with Gasteiger partial charge in [0.2, 0.25) is 0 Å². The Morgan fingerprint density at radius 3 is 2.52 bits per heavy atom. The smallest absolute Gasteiger partial charge is 0.274 e. The summed E-state index contributed by atoms with van der Waals surface area (Å²) >= 11 is 0. The van der Waals surface area contributed by atoms with Crippen LogP contribution in [0.4, 0.5) is 11.5 Å². The number of piperidine rings is 1. The topological polar surface area (TPSA) is 58.1 Å². The molecular formula is C20H26N4O. The molecule has 0 bridgehead atoms. The van der Waals surface area contributed by atoms with Crippen LogP contribution in [0.15, 0.2) is 36.7 Å². The third kappa shape index (κ3) is 4.16. The van der Waals surface area contributed by atoms with E-state index in [0.717, 1.165) is 30.2 Å². The number of carbonyl (C=O) groups excluding carboxylic acids is 1. The molecule has 3 rings (SSSR count). The first-order valence-electron chi connectivity index (χ1n) is 8.93. The molecular weight excluding hydrogens is 312 g/mol. The molecule has 0 spiro atoms. The van der Waals surface area contributed by atoms with Crippen LogP contribution in [0, 0.1) is 0 Å². The van der Waals surface area contributed by atoms with Gasteiger partial charge in [-0.2, -0.15) is 0 Å². The summed E-state index contributed by atoms with van der Waals surface area (Å²) in [5, 5.41) is 3.02. The number of rotatable bonds is 3. The van der Waals surface area contributed by atoms with Gasteiger partial charge in [0.1, 0.15) is 17.8 Å². The van der Waals surface area contributed by atoms with Gasteiger partial charge in [-0.3, -0.25) is 4.79 Å². The number of nitrogens with zero attached hydrogens (tertiary/aromatic N) is 3. The average Bonchev–Trinajstić information content (AvgIpc) is 2.62. The van der Waals surface area contributed by atoms with Crippen LogP contribution in [0.2, 0.25) is 0 Å². The number of hydrogen-bond acceptors (Lipinski definition) is 4. The van der Waals surface area contributed by atoms with E-state index in [-0.39, 0.29) is 11.3 Å². The van der Waals surface area contributed by atoms with Gasteiger partial charge in [-0.25, -0.2) is 9.97 Å². The molecule has 1 fully saturated rings.